The second-order valence-electron chi connectivity index (χ2n) is 5.09. The van der Waals surface area contributed by atoms with E-state index in [0.29, 0.717) is 23.4 Å². The number of anilines is 1. The van der Waals surface area contributed by atoms with Gasteiger partial charge in [0.1, 0.15) is 5.82 Å². The number of hydrogen-bond acceptors (Lipinski definition) is 3. The maximum Gasteiger partial charge on any atom is 0.262 e. The van der Waals surface area contributed by atoms with Gasteiger partial charge in [0.15, 0.2) is 0 Å². The Kier molecular flexibility index (Phi) is 5.35. The summed E-state index contributed by atoms with van der Waals surface area (Å²) in [6, 6.07) is 9.44. The maximum absolute atomic E-state index is 13.1. The van der Waals surface area contributed by atoms with E-state index in [1.165, 1.54) is 37.3 Å². The van der Waals surface area contributed by atoms with Crippen LogP contribution < -0.4 is 10.0 Å². The summed E-state index contributed by atoms with van der Waals surface area (Å²) in [5.41, 5.74) is 1.01. The van der Waals surface area contributed by atoms with Crippen molar-refractivity contribution in [3.8, 4) is 0 Å². The first-order valence-corrected chi connectivity index (χ1v) is 8.60. The van der Waals surface area contributed by atoms with Crippen molar-refractivity contribution >= 4 is 21.6 Å². The molecule has 2 aromatic rings. The number of sulfonamides is 1. The van der Waals surface area contributed by atoms with Gasteiger partial charge in [-0.05, 0) is 55.0 Å². The third kappa shape index (κ3) is 4.20. The minimum absolute atomic E-state index is 0.00305. The van der Waals surface area contributed by atoms with Crippen molar-refractivity contribution in [2.45, 2.75) is 11.8 Å². The number of halogens is 1. The third-order valence-corrected chi connectivity index (χ3v) is 4.77. The van der Waals surface area contributed by atoms with Gasteiger partial charge < -0.3 is 5.32 Å². The molecule has 126 valence electrons. The van der Waals surface area contributed by atoms with Crippen molar-refractivity contribution in [3.63, 3.8) is 0 Å². The molecule has 7 heteroatoms. The SMILES string of the molecule is C=CCNC(=O)c1ccc(NS(=O)(=O)c2ccc(F)cc2C)cc1. The molecule has 0 atom stereocenters. The predicted octanol–water partition coefficient (Wildman–Crippen LogP) is 2.85. The second-order valence-corrected chi connectivity index (χ2v) is 6.74. The van der Waals surface area contributed by atoms with Gasteiger partial charge >= 0.3 is 0 Å². The molecular weight excluding hydrogens is 331 g/mol. The van der Waals surface area contributed by atoms with Crippen molar-refractivity contribution < 1.29 is 17.6 Å². The van der Waals surface area contributed by atoms with Crippen LogP contribution in [0, 0.1) is 12.7 Å². The zero-order valence-electron chi connectivity index (χ0n) is 13.0. The van der Waals surface area contributed by atoms with Crippen LogP contribution in [0.2, 0.25) is 0 Å². The Morgan fingerprint density at radius 3 is 2.46 bits per heavy atom. The predicted molar refractivity (Wildman–Crippen MR) is 90.9 cm³/mol. The second kappa shape index (κ2) is 7.27. The summed E-state index contributed by atoms with van der Waals surface area (Å²) in [6.07, 6.45) is 1.56. The van der Waals surface area contributed by atoms with Crippen LogP contribution in [-0.4, -0.2) is 20.9 Å². The van der Waals surface area contributed by atoms with E-state index in [-0.39, 0.29) is 10.8 Å². The van der Waals surface area contributed by atoms with Gasteiger partial charge in [-0.25, -0.2) is 12.8 Å². The molecule has 1 amide bonds. The van der Waals surface area contributed by atoms with Crippen molar-refractivity contribution in [1.29, 1.82) is 0 Å². The molecule has 2 aromatic carbocycles. The van der Waals surface area contributed by atoms with Gasteiger partial charge in [-0.15, -0.1) is 6.58 Å². The Morgan fingerprint density at radius 1 is 1.21 bits per heavy atom. The molecule has 0 spiro atoms. The van der Waals surface area contributed by atoms with E-state index < -0.39 is 15.8 Å². The number of carbonyl (C=O) groups is 1. The molecule has 0 radical (unpaired) electrons. The Balaban J connectivity index is 2.18. The summed E-state index contributed by atoms with van der Waals surface area (Å²) >= 11 is 0. The first-order chi connectivity index (χ1) is 11.3. The first-order valence-electron chi connectivity index (χ1n) is 7.11. The minimum Gasteiger partial charge on any atom is -0.349 e. The van der Waals surface area contributed by atoms with Gasteiger partial charge in [-0.2, -0.15) is 0 Å². The molecule has 2 N–H and O–H groups in total. The van der Waals surface area contributed by atoms with Gasteiger partial charge in [0, 0.05) is 17.8 Å². The van der Waals surface area contributed by atoms with Crippen LogP contribution in [-0.2, 0) is 10.0 Å². The zero-order chi connectivity index (χ0) is 17.7. The average molecular weight is 348 g/mol. The van der Waals surface area contributed by atoms with Gasteiger partial charge in [0.2, 0.25) is 0 Å². The highest BCUT2D eigenvalue weighted by Gasteiger charge is 2.17. The van der Waals surface area contributed by atoms with E-state index in [9.17, 15) is 17.6 Å². The van der Waals surface area contributed by atoms with Crippen molar-refractivity contribution in [1.82, 2.24) is 5.32 Å². The highest BCUT2D eigenvalue weighted by molar-refractivity contribution is 7.92. The van der Waals surface area contributed by atoms with Gasteiger partial charge in [-0.1, -0.05) is 6.08 Å². The number of aryl methyl sites for hydroxylation is 1. The molecule has 0 heterocycles. The van der Waals surface area contributed by atoms with E-state index in [1.54, 1.807) is 6.08 Å². The normalized spacial score (nSPS) is 10.9. The Labute approximate surface area is 140 Å². The van der Waals surface area contributed by atoms with Crippen LogP contribution in [0.5, 0.6) is 0 Å². The lowest BCUT2D eigenvalue weighted by molar-refractivity contribution is 0.0958. The molecule has 0 saturated carbocycles. The topological polar surface area (TPSA) is 75.3 Å². The summed E-state index contributed by atoms with van der Waals surface area (Å²) in [5, 5.41) is 2.62. The highest BCUT2D eigenvalue weighted by atomic mass is 32.2. The Morgan fingerprint density at radius 2 is 1.88 bits per heavy atom. The molecule has 2 rings (SSSR count). The van der Waals surface area contributed by atoms with Crippen molar-refractivity contribution in [2.24, 2.45) is 0 Å². The Hall–Kier alpha value is -2.67. The van der Waals surface area contributed by atoms with Crippen LogP contribution in [0.3, 0.4) is 0 Å². The van der Waals surface area contributed by atoms with Crippen LogP contribution in [0.15, 0.2) is 60.0 Å². The standard InChI is InChI=1S/C17H17FN2O3S/c1-3-10-19-17(21)13-4-7-15(8-5-13)20-24(22,23)16-9-6-14(18)11-12(16)2/h3-9,11,20H,1,10H2,2H3,(H,19,21). The summed E-state index contributed by atoms with van der Waals surface area (Å²) in [7, 11) is -3.84. The average Bonchev–Trinajstić information content (AvgIpc) is 2.52. The quantitative estimate of drug-likeness (QED) is 0.788. The fourth-order valence-corrected chi connectivity index (χ4v) is 3.37. The number of benzene rings is 2. The lowest BCUT2D eigenvalue weighted by Crippen LogP contribution is -2.23. The summed E-state index contributed by atoms with van der Waals surface area (Å²) < 4.78 is 40.3. The fraction of sp³-hybridized carbons (Fsp3) is 0.118. The van der Waals surface area contributed by atoms with Gasteiger partial charge in [-0.3, -0.25) is 9.52 Å². The summed E-state index contributed by atoms with van der Waals surface area (Å²) in [5.74, 6) is -0.778. The lowest BCUT2D eigenvalue weighted by Gasteiger charge is -2.11. The number of hydrogen-bond donors (Lipinski definition) is 2. The molecule has 0 aliphatic heterocycles. The molecule has 0 aliphatic carbocycles. The number of nitrogens with one attached hydrogen (secondary N) is 2. The molecule has 0 aromatic heterocycles. The molecule has 24 heavy (non-hydrogen) atoms. The highest BCUT2D eigenvalue weighted by Crippen LogP contribution is 2.20. The van der Waals surface area contributed by atoms with Crippen LogP contribution in [0.25, 0.3) is 0 Å². The molecule has 0 bridgehead atoms. The largest absolute Gasteiger partial charge is 0.349 e. The molecular formula is C17H17FN2O3S. The molecule has 5 nitrogen and oxygen atoms in total. The van der Waals surface area contributed by atoms with E-state index >= 15 is 0 Å². The monoisotopic (exact) mass is 348 g/mol. The Bertz CT molecular complexity index is 862. The molecule has 0 fully saturated rings. The van der Waals surface area contributed by atoms with Gasteiger partial charge in [0.05, 0.1) is 4.90 Å². The molecule has 0 aliphatic rings. The molecule has 0 saturated heterocycles. The smallest absolute Gasteiger partial charge is 0.262 e. The first kappa shape index (κ1) is 17.7. The van der Waals surface area contributed by atoms with E-state index in [1.807, 2.05) is 0 Å². The van der Waals surface area contributed by atoms with Gasteiger partial charge in [0.25, 0.3) is 15.9 Å². The number of carbonyl (C=O) groups excluding carboxylic acids is 1. The number of rotatable bonds is 6. The fourth-order valence-electron chi connectivity index (χ4n) is 2.08. The molecule has 0 unspecified atom stereocenters. The summed E-state index contributed by atoms with van der Waals surface area (Å²) in [4.78, 5) is 11.8. The van der Waals surface area contributed by atoms with Crippen molar-refractivity contribution in [3.05, 3.63) is 72.1 Å². The van der Waals surface area contributed by atoms with Crippen LogP contribution in [0.4, 0.5) is 10.1 Å². The van der Waals surface area contributed by atoms with Crippen molar-refractivity contribution in [2.75, 3.05) is 11.3 Å². The van der Waals surface area contributed by atoms with E-state index in [2.05, 4.69) is 16.6 Å². The van der Waals surface area contributed by atoms with E-state index in [4.69, 9.17) is 0 Å². The summed E-state index contributed by atoms with van der Waals surface area (Å²) in [6.45, 7) is 5.37. The third-order valence-electron chi connectivity index (χ3n) is 3.23. The van der Waals surface area contributed by atoms with Crippen LogP contribution >= 0.6 is 0 Å². The minimum atomic E-state index is -3.84. The zero-order valence-corrected chi connectivity index (χ0v) is 13.9. The van der Waals surface area contributed by atoms with E-state index in [0.717, 1.165) is 12.1 Å². The maximum atomic E-state index is 13.1. The number of amides is 1. The lowest BCUT2D eigenvalue weighted by atomic mass is 10.2. The van der Waals surface area contributed by atoms with Crippen LogP contribution in [0.1, 0.15) is 15.9 Å².